The number of aromatic nitrogens is 4. The van der Waals surface area contributed by atoms with Crippen LogP contribution in [-0.2, 0) is 0 Å². The minimum Gasteiger partial charge on any atom is -0.381 e. The molecule has 0 aliphatic rings. The van der Waals surface area contributed by atoms with Crippen LogP contribution in [0.1, 0.15) is 47.2 Å². The topological polar surface area (TPSA) is 102 Å². The molecule has 0 spiro atoms. The molecular weight excluding hydrogens is 466 g/mol. The van der Waals surface area contributed by atoms with Crippen LogP contribution in [0.2, 0.25) is 0 Å². The fourth-order valence-corrected chi connectivity index (χ4v) is 4.44. The molecule has 0 aliphatic heterocycles. The van der Waals surface area contributed by atoms with E-state index in [-0.39, 0.29) is 11.5 Å². The molecule has 2 atom stereocenters. The summed E-state index contributed by atoms with van der Waals surface area (Å²) in [5.74, 6) is 5.32. The van der Waals surface area contributed by atoms with E-state index in [4.69, 9.17) is 0 Å². The molecule has 1 amide bonds. The summed E-state index contributed by atoms with van der Waals surface area (Å²) in [5.41, 5.74) is 2.96. The molecule has 2 N–H and O–H groups in total. The Morgan fingerprint density at radius 2 is 1.86 bits per heavy atom. The third-order valence-electron chi connectivity index (χ3n) is 6.09. The molecule has 5 rings (SSSR count). The van der Waals surface area contributed by atoms with Crippen molar-refractivity contribution in [2.45, 2.75) is 32.9 Å². The maximum Gasteiger partial charge on any atom is 0.264 e. The number of aliphatic hydroxyl groups is 1. The van der Waals surface area contributed by atoms with Gasteiger partial charge in [-0.1, -0.05) is 42.2 Å². The molecule has 0 saturated heterocycles. The number of pyridine rings is 1. The Morgan fingerprint density at radius 1 is 1.08 bits per heavy atom. The highest BCUT2D eigenvalue weighted by Gasteiger charge is 2.23. The number of carbonyl (C=O) groups is 1. The normalized spacial score (nSPS) is 12.6. The summed E-state index contributed by atoms with van der Waals surface area (Å²) in [5, 5.41) is 18.2. The highest BCUT2D eigenvalue weighted by molar-refractivity contribution is 6.01. The molecule has 0 fully saturated rings. The number of hydrogen-bond acceptors (Lipinski definition) is 5. The number of amides is 1. The van der Waals surface area contributed by atoms with E-state index in [1.807, 2.05) is 55.5 Å². The summed E-state index contributed by atoms with van der Waals surface area (Å²) >= 11 is 0. The molecular formula is C29H25N5O3. The van der Waals surface area contributed by atoms with E-state index in [2.05, 4.69) is 27.2 Å². The number of benzene rings is 2. The Morgan fingerprint density at radius 3 is 2.62 bits per heavy atom. The van der Waals surface area contributed by atoms with Crippen LogP contribution < -0.4 is 10.9 Å². The highest BCUT2D eigenvalue weighted by atomic mass is 16.3. The van der Waals surface area contributed by atoms with Crippen molar-refractivity contribution in [3.05, 3.63) is 106 Å². The molecule has 8 nitrogen and oxygen atoms in total. The minimum absolute atomic E-state index is 0.260. The lowest BCUT2D eigenvalue weighted by Crippen LogP contribution is -2.32. The van der Waals surface area contributed by atoms with Crippen molar-refractivity contribution >= 4 is 22.3 Å². The molecule has 0 bridgehead atoms. The maximum atomic E-state index is 14.0. The second-order valence-electron chi connectivity index (χ2n) is 8.80. The fourth-order valence-electron chi connectivity index (χ4n) is 4.44. The largest absolute Gasteiger partial charge is 0.381 e. The number of para-hydroxylation sites is 1. The van der Waals surface area contributed by atoms with Gasteiger partial charge in [-0.05, 0) is 56.5 Å². The SMILES string of the molecule is Cc1nn2cccnc2c1C(=O)N[C@@H](C)c1cc2cccc(C#C[C@H](C)O)c2c(=O)n1-c1ccccc1. The number of aryl methyl sites for hydroxylation is 1. The predicted molar refractivity (Wildman–Crippen MR) is 142 cm³/mol. The van der Waals surface area contributed by atoms with E-state index in [0.717, 1.165) is 0 Å². The number of aliphatic hydroxyl groups excluding tert-OH is 1. The zero-order valence-electron chi connectivity index (χ0n) is 20.6. The predicted octanol–water partition coefficient (Wildman–Crippen LogP) is 3.57. The lowest BCUT2D eigenvalue weighted by Gasteiger charge is -2.21. The van der Waals surface area contributed by atoms with E-state index in [9.17, 15) is 14.7 Å². The summed E-state index contributed by atoms with van der Waals surface area (Å²) in [6.07, 6.45) is 2.54. The zero-order chi connectivity index (χ0) is 26.1. The first-order valence-electron chi connectivity index (χ1n) is 11.9. The Balaban J connectivity index is 1.66. The zero-order valence-corrected chi connectivity index (χ0v) is 20.6. The van der Waals surface area contributed by atoms with Gasteiger partial charge in [0.15, 0.2) is 5.65 Å². The second kappa shape index (κ2) is 9.72. The standard InChI is InChI=1S/C29H25N5O3/c1-18(35)13-14-21-9-7-10-22-17-24(34(29(37)26(21)22)23-11-5-4-6-12-23)19(2)31-28(36)25-20(3)32-33-16-8-15-30-27(25)33/h4-12,15-19,35H,1-3H3,(H,31,36)/t18-,19-/m0/s1. The van der Waals surface area contributed by atoms with Gasteiger partial charge in [0.25, 0.3) is 11.5 Å². The van der Waals surface area contributed by atoms with Crippen molar-refractivity contribution in [1.29, 1.82) is 0 Å². The molecule has 184 valence electrons. The van der Waals surface area contributed by atoms with E-state index < -0.39 is 12.1 Å². The lowest BCUT2D eigenvalue weighted by atomic mass is 10.0. The van der Waals surface area contributed by atoms with Crippen LogP contribution >= 0.6 is 0 Å². The van der Waals surface area contributed by atoms with Crippen LogP contribution in [0, 0.1) is 18.8 Å². The summed E-state index contributed by atoms with van der Waals surface area (Å²) in [6.45, 7) is 5.17. The van der Waals surface area contributed by atoms with Crippen molar-refractivity contribution in [2.75, 3.05) is 0 Å². The van der Waals surface area contributed by atoms with Crippen molar-refractivity contribution in [3.8, 4) is 17.5 Å². The fraction of sp³-hybridized carbons (Fsp3) is 0.172. The van der Waals surface area contributed by atoms with Crippen LogP contribution in [0.3, 0.4) is 0 Å². The van der Waals surface area contributed by atoms with Gasteiger partial charge in [0.1, 0.15) is 11.7 Å². The first kappa shape index (κ1) is 24.0. The van der Waals surface area contributed by atoms with Crippen LogP contribution in [0.4, 0.5) is 0 Å². The Labute approximate surface area is 213 Å². The molecule has 2 aromatic carbocycles. The third-order valence-corrected chi connectivity index (χ3v) is 6.09. The molecule has 0 aliphatic carbocycles. The van der Waals surface area contributed by atoms with Gasteiger partial charge in [0.2, 0.25) is 0 Å². The van der Waals surface area contributed by atoms with Gasteiger partial charge < -0.3 is 10.4 Å². The van der Waals surface area contributed by atoms with Gasteiger partial charge in [-0.2, -0.15) is 5.10 Å². The molecule has 5 aromatic rings. The Bertz CT molecular complexity index is 1760. The molecule has 37 heavy (non-hydrogen) atoms. The molecule has 3 aromatic heterocycles. The summed E-state index contributed by atoms with van der Waals surface area (Å²) in [4.78, 5) is 31.7. The minimum atomic E-state index is -0.820. The van der Waals surface area contributed by atoms with Crippen molar-refractivity contribution in [2.24, 2.45) is 0 Å². The Hall–Kier alpha value is -4.74. The van der Waals surface area contributed by atoms with Crippen LogP contribution in [-0.4, -0.2) is 36.3 Å². The quantitative estimate of drug-likeness (QED) is 0.375. The first-order valence-corrected chi connectivity index (χ1v) is 11.9. The number of carbonyl (C=O) groups excluding carboxylic acids is 1. The molecule has 0 unspecified atom stereocenters. The van der Waals surface area contributed by atoms with E-state index >= 15 is 0 Å². The average molecular weight is 492 g/mol. The van der Waals surface area contributed by atoms with Crippen LogP contribution in [0.25, 0.3) is 22.1 Å². The number of rotatable bonds is 4. The summed E-state index contributed by atoms with van der Waals surface area (Å²) in [6, 6.07) is 17.8. The first-order chi connectivity index (χ1) is 17.8. The second-order valence-corrected chi connectivity index (χ2v) is 8.80. The summed E-state index contributed by atoms with van der Waals surface area (Å²) < 4.78 is 3.17. The van der Waals surface area contributed by atoms with Crippen molar-refractivity contribution in [1.82, 2.24) is 24.5 Å². The van der Waals surface area contributed by atoms with Crippen LogP contribution in [0.5, 0.6) is 0 Å². The monoisotopic (exact) mass is 491 g/mol. The van der Waals surface area contributed by atoms with Gasteiger partial charge in [-0.3, -0.25) is 14.2 Å². The molecule has 3 heterocycles. The van der Waals surface area contributed by atoms with Gasteiger partial charge >= 0.3 is 0 Å². The smallest absolute Gasteiger partial charge is 0.264 e. The van der Waals surface area contributed by atoms with E-state index in [1.165, 1.54) is 0 Å². The maximum absolute atomic E-state index is 14.0. The van der Waals surface area contributed by atoms with Crippen molar-refractivity contribution < 1.29 is 9.90 Å². The third kappa shape index (κ3) is 4.48. The molecule has 0 radical (unpaired) electrons. The lowest BCUT2D eigenvalue weighted by molar-refractivity contribution is 0.0939. The van der Waals surface area contributed by atoms with Gasteiger partial charge in [-0.15, -0.1) is 0 Å². The highest BCUT2D eigenvalue weighted by Crippen LogP contribution is 2.24. The van der Waals surface area contributed by atoms with Gasteiger partial charge in [0.05, 0.1) is 17.1 Å². The average Bonchev–Trinajstić information content (AvgIpc) is 3.23. The van der Waals surface area contributed by atoms with Gasteiger partial charge in [0, 0.05) is 29.3 Å². The van der Waals surface area contributed by atoms with E-state index in [0.29, 0.717) is 44.6 Å². The summed E-state index contributed by atoms with van der Waals surface area (Å²) in [7, 11) is 0. The number of nitrogens with one attached hydrogen (secondary N) is 1. The van der Waals surface area contributed by atoms with E-state index in [1.54, 1.807) is 47.5 Å². The van der Waals surface area contributed by atoms with Crippen molar-refractivity contribution in [3.63, 3.8) is 0 Å². The Kier molecular flexibility index (Phi) is 6.30. The van der Waals surface area contributed by atoms with Crippen LogP contribution in [0.15, 0.2) is 77.9 Å². The molecule has 0 saturated carbocycles. The number of fused-ring (bicyclic) bond motifs is 2. The van der Waals surface area contributed by atoms with Gasteiger partial charge in [-0.25, -0.2) is 9.50 Å². The number of nitrogens with zero attached hydrogens (tertiary/aromatic N) is 4. The number of hydrogen-bond donors (Lipinski definition) is 2. The molecule has 8 heteroatoms.